The first-order valence-electron chi connectivity index (χ1n) is 13.0. The summed E-state index contributed by atoms with van der Waals surface area (Å²) >= 11 is 0. The third kappa shape index (κ3) is 5.74. The van der Waals surface area contributed by atoms with E-state index in [0.717, 1.165) is 35.1 Å². The van der Waals surface area contributed by atoms with Crippen molar-refractivity contribution < 1.29 is 28.2 Å². The number of benzene rings is 3. The summed E-state index contributed by atoms with van der Waals surface area (Å²) in [5.41, 5.74) is 4.36. The van der Waals surface area contributed by atoms with E-state index >= 15 is 4.39 Å². The Morgan fingerprint density at radius 3 is 2.50 bits per heavy atom. The molecular formula is C32H34F2O4. The molecule has 0 saturated carbocycles. The lowest BCUT2D eigenvalue weighted by Crippen LogP contribution is -2.11. The smallest absolute Gasteiger partial charge is 0.303 e. The average molecular weight is 521 g/mol. The predicted octanol–water partition coefficient (Wildman–Crippen LogP) is 8.39. The Morgan fingerprint density at radius 1 is 1.05 bits per heavy atom. The molecule has 0 aliphatic heterocycles. The summed E-state index contributed by atoms with van der Waals surface area (Å²) in [4.78, 5) is 11.2. The van der Waals surface area contributed by atoms with E-state index in [9.17, 15) is 14.3 Å². The van der Waals surface area contributed by atoms with Crippen molar-refractivity contribution >= 4 is 11.5 Å². The van der Waals surface area contributed by atoms with Crippen LogP contribution in [0.3, 0.4) is 0 Å². The molecule has 0 fully saturated rings. The molecule has 0 unspecified atom stereocenters. The zero-order valence-electron chi connectivity index (χ0n) is 22.3. The van der Waals surface area contributed by atoms with E-state index in [1.165, 1.54) is 6.07 Å². The zero-order valence-corrected chi connectivity index (χ0v) is 22.3. The molecule has 200 valence electrons. The normalized spacial score (nSPS) is 15.2. The van der Waals surface area contributed by atoms with Gasteiger partial charge in [-0.15, -0.1) is 0 Å². The largest absolute Gasteiger partial charge is 0.497 e. The second-order valence-corrected chi connectivity index (χ2v) is 10.4. The van der Waals surface area contributed by atoms with Crippen molar-refractivity contribution in [2.24, 2.45) is 5.41 Å². The zero-order chi connectivity index (χ0) is 27.4. The number of carboxylic acids is 1. The lowest BCUT2D eigenvalue weighted by Gasteiger charge is -2.25. The van der Waals surface area contributed by atoms with Crippen LogP contribution in [0.15, 0.2) is 60.7 Å². The van der Waals surface area contributed by atoms with E-state index in [4.69, 9.17) is 9.47 Å². The van der Waals surface area contributed by atoms with Crippen LogP contribution in [0, 0.1) is 17.0 Å². The number of hydrogen-bond donors (Lipinski definition) is 1. The quantitative estimate of drug-likeness (QED) is 0.292. The Bertz CT molecular complexity index is 1360. The summed E-state index contributed by atoms with van der Waals surface area (Å²) < 4.78 is 41.6. The Balaban J connectivity index is 1.69. The fraction of sp³-hybridized carbons (Fsp3) is 0.344. The van der Waals surface area contributed by atoms with Crippen LogP contribution in [-0.2, 0) is 11.4 Å². The van der Waals surface area contributed by atoms with Gasteiger partial charge in [-0.3, -0.25) is 4.79 Å². The van der Waals surface area contributed by atoms with Crippen LogP contribution in [0.25, 0.3) is 16.7 Å². The minimum Gasteiger partial charge on any atom is -0.497 e. The molecule has 3 aromatic rings. The number of methoxy groups -OCH3 is 1. The first-order valence-corrected chi connectivity index (χ1v) is 13.0. The summed E-state index contributed by atoms with van der Waals surface area (Å²) in [7, 11) is 1.56. The fourth-order valence-electron chi connectivity index (χ4n) is 5.24. The number of carbonyl (C=O) groups is 1. The maximum atomic E-state index is 15.3. The minimum absolute atomic E-state index is 0.0798. The molecule has 1 aliphatic carbocycles. The second kappa shape index (κ2) is 11.4. The van der Waals surface area contributed by atoms with Crippen LogP contribution in [0.4, 0.5) is 8.78 Å². The monoisotopic (exact) mass is 520 g/mol. The van der Waals surface area contributed by atoms with Crippen molar-refractivity contribution in [2.75, 3.05) is 7.11 Å². The predicted molar refractivity (Wildman–Crippen MR) is 145 cm³/mol. The first kappa shape index (κ1) is 27.4. The van der Waals surface area contributed by atoms with E-state index in [1.54, 1.807) is 37.4 Å². The third-order valence-electron chi connectivity index (χ3n) is 7.43. The van der Waals surface area contributed by atoms with Gasteiger partial charge in [0.2, 0.25) is 0 Å². The number of allylic oxidation sites excluding steroid dienone is 2. The van der Waals surface area contributed by atoms with Crippen LogP contribution < -0.4 is 9.47 Å². The average Bonchev–Trinajstić information content (AvgIpc) is 3.25. The minimum atomic E-state index is -0.966. The highest BCUT2D eigenvalue weighted by atomic mass is 19.1. The van der Waals surface area contributed by atoms with Crippen LogP contribution in [0.5, 0.6) is 11.5 Å². The standard InChI is InChI=1S/C32H34F2O4/c1-5-21(17-30(35)36)23-8-6-10-29(31(23)34)38-19-20-11-13-24(26-18-22(37-4)12-14-28(26)33)25(16-20)27-9-7-15-32(27,2)3/h6,8-14,16,18,21H,5,7,15,17,19H2,1-4H3,(H,35,36)/t21-/m1/s1. The Kier molecular flexibility index (Phi) is 8.20. The molecule has 4 nitrogen and oxygen atoms in total. The number of aliphatic carboxylic acids is 1. The maximum absolute atomic E-state index is 15.3. The third-order valence-corrected chi connectivity index (χ3v) is 7.43. The van der Waals surface area contributed by atoms with Crippen molar-refractivity contribution in [3.05, 3.63) is 89.0 Å². The molecule has 0 spiro atoms. The number of rotatable bonds is 10. The molecule has 0 amide bonds. The van der Waals surface area contributed by atoms with Crippen molar-refractivity contribution in [2.45, 2.75) is 59.0 Å². The number of hydrogen-bond acceptors (Lipinski definition) is 3. The van der Waals surface area contributed by atoms with Crippen molar-refractivity contribution in [1.29, 1.82) is 0 Å². The molecule has 4 rings (SSSR count). The molecular weight excluding hydrogens is 486 g/mol. The van der Waals surface area contributed by atoms with Crippen molar-refractivity contribution in [3.8, 4) is 22.6 Å². The molecule has 0 aromatic heterocycles. The van der Waals surface area contributed by atoms with Gasteiger partial charge in [0.15, 0.2) is 11.6 Å². The van der Waals surface area contributed by atoms with Gasteiger partial charge in [-0.05, 0) is 88.8 Å². The van der Waals surface area contributed by atoms with E-state index < -0.39 is 17.7 Å². The van der Waals surface area contributed by atoms with Gasteiger partial charge in [0.1, 0.15) is 18.2 Å². The molecule has 6 heteroatoms. The van der Waals surface area contributed by atoms with E-state index in [0.29, 0.717) is 23.3 Å². The summed E-state index contributed by atoms with van der Waals surface area (Å²) in [6, 6.07) is 15.3. The molecule has 0 bridgehead atoms. The van der Waals surface area contributed by atoms with Crippen LogP contribution in [0.1, 0.15) is 69.1 Å². The van der Waals surface area contributed by atoms with Crippen molar-refractivity contribution in [3.63, 3.8) is 0 Å². The highest BCUT2D eigenvalue weighted by Gasteiger charge is 2.30. The summed E-state index contributed by atoms with van der Waals surface area (Å²) in [6.07, 6.45) is 4.50. The highest BCUT2D eigenvalue weighted by Crippen LogP contribution is 2.47. The molecule has 0 radical (unpaired) electrons. The van der Waals surface area contributed by atoms with Gasteiger partial charge in [-0.25, -0.2) is 8.78 Å². The summed E-state index contributed by atoms with van der Waals surface area (Å²) in [6.45, 7) is 6.32. The SMILES string of the molecule is CC[C@H](CC(=O)O)c1cccc(OCc2ccc(-c3cc(OC)ccc3F)c(C3=CCCC3(C)C)c2)c1F. The molecule has 1 atom stereocenters. The number of halogens is 2. The van der Waals surface area contributed by atoms with Crippen LogP contribution in [-0.4, -0.2) is 18.2 Å². The van der Waals surface area contributed by atoms with Crippen LogP contribution in [0.2, 0.25) is 0 Å². The maximum Gasteiger partial charge on any atom is 0.303 e. The second-order valence-electron chi connectivity index (χ2n) is 10.4. The molecule has 3 aromatic carbocycles. The Labute approximate surface area is 222 Å². The van der Waals surface area contributed by atoms with Gasteiger partial charge in [-0.1, -0.05) is 51.1 Å². The Morgan fingerprint density at radius 2 is 1.84 bits per heavy atom. The molecule has 1 aliphatic rings. The van der Waals surface area contributed by atoms with Gasteiger partial charge in [0.05, 0.1) is 13.5 Å². The highest BCUT2D eigenvalue weighted by molar-refractivity contribution is 5.85. The van der Waals surface area contributed by atoms with Gasteiger partial charge >= 0.3 is 5.97 Å². The van der Waals surface area contributed by atoms with E-state index in [1.807, 2.05) is 25.1 Å². The van der Waals surface area contributed by atoms with E-state index in [-0.39, 0.29) is 30.0 Å². The molecule has 38 heavy (non-hydrogen) atoms. The van der Waals surface area contributed by atoms with Gasteiger partial charge in [0.25, 0.3) is 0 Å². The van der Waals surface area contributed by atoms with Crippen LogP contribution >= 0.6 is 0 Å². The lowest BCUT2D eigenvalue weighted by atomic mass is 9.79. The van der Waals surface area contributed by atoms with Gasteiger partial charge in [0, 0.05) is 5.56 Å². The number of carboxylic acid groups (broad SMARTS) is 1. The van der Waals surface area contributed by atoms with Gasteiger partial charge < -0.3 is 14.6 Å². The topological polar surface area (TPSA) is 55.8 Å². The van der Waals surface area contributed by atoms with Gasteiger partial charge in [-0.2, -0.15) is 0 Å². The van der Waals surface area contributed by atoms with E-state index in [2.05, 4.69) is 19.9 Å². The lowest BCUT2D eigenvalue weighted by molar-refractivity contribution is -0.137. The van der Waals surface area contributed by atoms with Crippen molar-refractivity contribution in [1.82, 2.24) is 0 Å². The Hall–Kier alpha value is -3.67. The number of ether oxygens (including phenoxy) is 2. The molecule has 1 N–H and O–H groups in total. The molecule has 0 saturated heterocycles. The fourth-order valence-corrected chi connectivity index (χ4v) is 5.24. The summed E-state index contributed by atoms with van der Waals surface area (Å²) in [5, 5.41) is 9.20. The molecule has 0 heterocycles. The first-order chi connectivity index (χ1) is 18.1. The summed E-state index contributed by atoms with van der Waals surface area (Å²) in [5.74, 6) is -1.61.